The number of anilines is 1. The fraction of sp³-hybridized carbons (Fsp3) is 0.312. The molecule has 2 aromatic rings. The number of rotatable bonds is 4. The lowest BCUT2D eigenvalue weighted by atomic mass is 10.3. The first-order chi connectivity index (χ1) is 10.3. The Kier molecular flexibility index (Phi) is 4.29. The highest BCUT2D eigenvalue weighted by molar-refractivity contribution is 9.10. The Labute approximate surface area is 132 Å². The van der Waals surface area contributed by atoms with E-state index in [1.54, 1.807) is 13.3 Å². The zero-order valence-corrected chi connectivity index (χ0v) is 13.5. The highest BCUT2D eigenvalue weighted by Gasteiger charge is 2.19. The van der Waals surface area contributed by atoms with Gasteiger partial charge in [0.15, 0.2) is 0 Å². The summed E-state index contributed by atoms with van der Waals surface area (Å²) in [7, 11) is 1.64. The maximum Gasteiger partial charge on any atom is 0.210 e. The van der Waals surface area contributed by atoms with Crippen LogP contribution in [0.1, 0.15) is 18.6 Å². The van der Waals surface area contributed by atoms with Gasteiger partial charge >= 0.3 is 0 Å². The van der Waals surface area contributed by atoms with Gasteiger partial charge in [-0.15, -0.1) is 0 Å². The van der Waals surface area contributed by atoms with Crippen molar-refractivity contribution in [3.63, 3.8) is 0 Å². The molecule has 2 heterocycles. The van der Waals surface area contributed by atoms with Crippen LogP contribution >= 0.6 is 15.9 Å². The molecule has 1 saturated heterocycles. The van der Waals surface area contributed by atoms with E-state index >= 15 is 0 Å². The van der Waals surface area contributed by atoms with Crippen LogP contribution in [0.4, 0.5) is 11.6 Å². The monoisotopic (exact) mass is 348 g/mol. The number of methoxy groups -OCH3 is 1. The van der Waals surface area contributed by atoms with Crippen LogP contribution in [-0.2, 0) is 0 Å². The maximum absolute atomic E-state index is 5.88. The van der Waals surface area contributed by atoms with Gasteiger partial charge in [0.1, 0.15) is 17.2 Å². The number of aliphatic imine (C=N–C) groups is 1. The van der Waals surface area contributed by atoms with E-state index in [1.807, 2.05) is 30.3 Å². The third kappa shape index (κ3) is 3.13. The Hall–Kier alpha value is -1.75. The Bertz CT molecular complexity index is 645. The van der Waals surface area contributed by atoms with E-state index < -0.39 is 0 Å². The number of halogens is 1. The van der Waals surface area contributed by atoms with Crippen molar-refractivity contribution in [2.45, 2.75) is 12.8 Å². The molecule has 21 heavy (non-hydrogen) atoms. The van der Waals surface area contributed by atoms with E-state index in [0.717, 1.165) is 40.6 Å². The van der Waals surface area contributed by atoms with Gasteiger partial charge in [-0.1, -0.05) is 12.1 Å². The summed E-state index contributed by atoms with van der Waals surface area (Å²) < 4.78 is 12.1. The second-order valence-corrected chi connectivity index (χ2v) is 5.78. The topological polar surface area (TPSA) is 38.0 Å². The van der Waals surface area contributed by atoms with Crippen molar-refractivity contribution in [2.75, 3.05) is 25.1 Å². The van der Waals surface area contributed by atoms with Gasteiger partial charge in [0, 0.05) is 19.2 Å². The number of nitrogens with zero attached hydrogens (tertiary/aromatic N) is 2. The average molecular weight is 349 g/mol. The standard InChI is InChI=1S/C16H17BrN2O2/c1-20-15-7-3-2-6-14(15)18-11-12-10-13(17)16(21-12)19-8-4-5-9-19/h2-3,6-7,10-11H,4-5,8-9H2,1H3. The first-order valence-electron chi connectivity index (χ1n) is 6.99. The van der Waals surface area contributed by atoms with Gasteiger partial charge in [0.2, 0.25) is 5.88 Å². The van der Waals surface area contributed by atoms with Crippen molar-refractivity contribution in [1.29, 1.82) is 0 Å². The summed E-state index contributed by atoms with van der Waals surface area (Å²) in [5, 5.41) is 0. The quantitative estimate of drug-likeness (QED) is 0.768. The number of hydrogen-bond acceptors (Lipinski definition) is 4. The van der Waals surface area contributed by atoms with Crippen LogP contribution in [0.5, 0.6) is 5.75 Å². The molecule has 1 aromatic heterocycles. The fourth-order valence-electron chi connectivity index (χ4n) is 2.45. The van der Waals surface area contributed by atoms with E-state index in [4.69, 9.17) is 9.15 Å². The normalized spacial score (nSPS) is 15.0. The Morgan fingerprint density at radius 3 is 2.81 bits per heavy atom. The molecule has 0 unspecified atom stereocenters. The summed E-state index contributed by atoms with van der Waals surface area (Å²) in [6, 6.07) is 9.61. The molecule has 0 atom stereocenters. The summed E-state index contributed by atoms with van der Waals surface area (Å²) in [5.41, 5.74) is 0.787. The Morgan fingerprint density at radius 1 is 1.29 bits per heavy atom. The minimum atomic E-state index is 0.731. The molecule has 1 aliphatic heterocycles. The van der Waals surface area contributed by atoms with Crippen molar-refractivity contribution in [3.05, 3.63) is 40.6 Å². The van der Waals surface area contributed by atoms with Crippen molar-refractivity contribution in [3.8, 4) is 5.75 Å². The van der Waals surface area contributed by atoms with E-state index in [1.165, 1.54) is 12.8 Å². The number of benzene rings is 1. The summed E-state index contributed by atoms with van der Waals surface area (Å²) in [6.45, 7) is 2.10. The number of ether oxygens (including phenoxy) is 1. The molecule has 5 heteroatoms. The number of para-hydroxylation sites is 2. The van der Waals surface area contributed by atoms with Gasteiger partial charge in [-0.25, -0.2) is 4.99 Å². The van der Waals surface area contributed by atoms with Crippen LogP contribution < -0.4 is 9.64 Å². The van der Waals surface area contributed by atoms with Crippen molar-refractivity contribution in [1.82, 2.24) is 0 Å². The van der Waals surface area contributed by atoms with Crippen LogP contribution in [0.25, 0.3) is 0 Å². The van der Waals surface area contributed by atoms with Crippen LogP contribution in [0.15, 0.2) is 44.2 Å². The van der Waals surface area contributed by atoms with Crippen molar-refractivity contribution >= 4 is 33.7 Å². The summed E-state index contributed by atoms with van der Waals surface area (Å²) in [4.78, 5) is 6.70. The summed E-state index contributed by atoms with van der Waals surface area (Å²) in [6.07, 6.45) is 4.16. The summed E-state index contributed by atoms with van der Waals surface area (Å²) >= 11 is 3.56. The van der Waals surface area contributed by atoms with Crippen molar-refractivity contribution in [2.24, 2.45) is 4.99 Å². The molecule has 0 bridgehead atoms. The highest BCUT2D eigenvalue weighted by atomic mass is 79.9. The molecule has 0 spiro atoms. The molecule has 110 valence electrons. The third-order valence-electron chi connectivity index (χ3n) is 3.50. The van der Waals surface area contributed by atoms with E-state index in [-0.39, 0.29) is 0 Å². The number of hydrogen-bond donors (Lipinski definition) is 0. The molecule has 0 saturated carbocycles. The zero-order chi connectivity index (χ0) is 14.7. The van der Waals surface area contributed by atoms with Gasteiger partial charge in [-0.3, -0.25) is 0 Å². The largest absolute Gasteiger partial charge is 0.494 e. The predicted molar refractivity (Wildman–Crippen MR) is 88.1 cm³/mol. The molecule has 0 radical (unpaired) electrons. The third-order valence-corrected chi connectivity index (χ3v) is 4.07. The van der Waals surface area contributed by atoms with Gasteiger partial charge in [0.25, 0.3) is 0 Å². The second kappa shape index (κ2) is 6.35. The van der Waals surface area contributed by atoms with Gasteiger partial charge in [-0.05, 0) is 40.9 Å². The molecular formula is C16H17BrN2O2. The van der Waals surface area contributed by atoms with Crippen LogP contribution in [-0.4, -0.2) is 26.4 Å². The fourth-order valence-corrected chi connectivity index (χ4v) is 3.00. The molecule has 0 amide bonds. The zero-order valence-electron chi connectivity index (χ0n) is 11.9. The second-order valence-electron chi connectivity index (χ2n) is 4.93. The SMILES string of the molecule is COc1ccccc1N=Cc1cc(Br)c(N2CCCC2)o1. The number of furan rings is 1. The lowest BCUT2D eigenvalue weighted by Gasteiger charge is -2.13. The Balaban J connectivity index is 1.81. The van der Waals surface area contributed by atoms with Crippen LogP contribution in [0.3, 0.4) is 0 Å². The molecular weight excluding hydrogens is 332 g/mol. The first-order valence-corrected chi connectivity index (χ1v) is 7.78. The van der Waals surface area contributed by atoms with E-state index in [2.05, 4.69) is 25.8 Å². The van der Waals surface area contributed by atoms with Crippen molar-refractivity contribution < 1.29 is 9.15 Å². The molecule has 0 N–H and O–H groups in total. The summed E-state index contributed by atoms with van der Waals surface area (Å²) in [5.74, 6) is 2.38. The van der Waals surface area contributed by atoms with E-state index in [0.29, 0.717) is 0 Å². The molecule has 1 aliphatic rings. The minimum absolute atomic E-state index is 0.731. The molecule has 1 aromatic carbocycles. The molecule has 0 aliphatic carbocycles. The predicted octanol–water partition coefficient (Wildman–Crippen LogP) is 4.40. The van der Waals surface area contributed by atoms with E-state index in [9.17, 15) is 0 Å². The molecule has 1 fully saturated rings. The highest BCUT2D eigenvalue weighted by Crippen LogP contribution is 2.32. The van der Waals surface area contributed by atoms with Crippen LogP contribution in [0.2, 0.25) is 0 Å². The molecule has 4 nitrogen and oxygen atoms in total. The first kappa shape index (κ1) is 14.2. The smallest absolute Gasteiger partial charge is 0.210 e. The lowest BCUT2D eigenvalue weighted by Crippen LogP contribution is -2.17. The maximum atomic E-state index is 5.88. The van der Waals surface area contributed by atoms with Gasteiger partial charge < -0.3 is 14.1 Å². The Morgan fingerprint density at radius 2 is 2.05 bits per heavy atom. The lowest BCUT2D eigenvalue weighted by molar-refractivity contribution is 0.416. The average Bonchev–Trinajstić information content (AvgIpc) is 3.14. The van der Waals surface area contributed by atoms with Gasteiger partial charge in [0.05, 0.1) is 17.8 Å². The minimum Gasteiger partial charge on any atom is -0.494 e. The molecule has 3 rings (SSSR count). The van der Waals surface area contributed by atoms with Crippen LogP contribution in [0, 0.1) is 0 Å². The van der Waals surface area contributed by atoms with Gasteiger partial charge in [-0.2, -0.15) is 0 Å².